The van der Waals surface area contributed by atoms with Crippen molar-refractivity contribution in [3.63, 3.8) is 0 Å². The van der Waals surface area contributed by atoms with E-state index in [0.717, 1.165) is 43.2 Å². The number of amides is 2. The quantitative estimate of drug-likeness (QED) is 0.403. The van der Waals surface area contributed by atoms with Crippen LogP contribution in [0.25, 0.3) is 10.9 Å². The number of carbonyl (C=O) groups excluding carboxylic acids is 2. The lowest BCUT2D eigenvalue weighted by Gasteiger charge is -2.32. The molecule has 1 saturated heterocycles. The Morgan fingerprint density at radius 3 is 2.35 bits per heavy atom. The van der Waals surface area contributed by atoms with E-state index in [0.29, 0.717) is 31.4 Å². The number of rotatable bonds is 7. The molecule has 1 aliphatic heterocycles. The number of aromatic nitrogens is 1. The predicted molar refractivity (Wildman–Crippen MR) is 139 cm³/mol. The lowest BCUT2D eigenvalue weighted by molar-refractivity contribution is -0.137. The van der Waals surface area contributed by atoms with E-state index in [1.807, 2.05) is 0 Å². The number of carbonyl (C=O) groups is 2. The van der Waals surface area contributed by atoms with E-state index in [9.17, 15) is 31.9 Å². The molecule has 0 bridgehead atoms. The van der Waals surface area contributed by atoms with Crippen LogP contribution in [0.2, 0.25) is 5.02 Å². The van der Waals surface area contributed by atoms with Crippen LogP contribution in [0.3, 0.4) is 0 Å². The van der Waals surface area contributed by atoms with E-state index < -0.39 is 34.8 Å². The van der Waals surface area contributed by atoms with E-state index in [1.165, 1.54) is 12.3 Å². The second-order valence-electron chi connectivity index (χ2n) is 9.87. The minimum Gasteiger partial charge on any atom is -0.484 e. The lowest BCUT2D eigenvalue weighted by Crippen LogP contribution is -2.52. The number of hydrogen-bond acceptors (Lipinski definition) is 5. The van der Waals surface area contributed by atoms with Gasteiger partial charge in [0.15, 0.2) is 6.61 Å². The third kappa shape index (κ3) is 6.23. The maximum Gasteiger partial charge on any atom is 0.416 e. The summed E-state index contributed by atoms with van der Waals surface area (Å²) < 4.78 is 59.2. The van der Waals surface area contributed by atoms with Gasteiger partial charge >= 0.3 is 6.18 Å². The Balaban J connectivity index is 1.14. The highest BCUT2D eigenvalue weighted by Crippen LogP contribution is 2.37. The molecule has 0 radical (unpaired) electrons. The number of fused-ring (bicyclic) bond motifs is 1. The first-order valence-electron chi connectivity index (χ1n) is 12.7. The Labute approximate surface area is 230 Å². The summed E-state index contributed by atoms with van der Waals surface area (Å²) in [4.78, 5) is 38.4. The van der Waals surface area contributed by atoms with Crippen LogP contribution in [0.5, 0.6) is 5.75 Å². The molecule has 2 fully saturated rings. The first kappa shape index (κ1) is 27.9. The highest BCUT2D eigenvalue weighted by Gasteiger charge is 2.30. The molecule has 2 aromatic carbocycles. The molecule has 1 aromatic heterocycles. The van der Waals surface area contributed by atoms with E-state index in [4.69, 9.17) is 16.3 Å². The van der Waals surface area contributed by atoms with Crippen LogP contribution in [0.15, 0.2) is 47.4 Å². The van der Waals surface area contributed by atoms with Crippen molar-refractivity contribution in [1.82, 2.24) is 20.3 Å². The smallest absolute Gasteiger partial charge is 0.416 e. The number of halogens is 5. The summed E-state index contributed by atoms with van der Waals surface area (Å²) in [6, 6.07) is 6.44. The van der Waals surface area contributed by atoms with Gasteiger partial charge in [-0.1, -0.05) is 11.6 Å². The summed E-state index contributed by atoms with van der Waals surface area (Å²) in [6.45, 7) is 0.430. The molecule has 2 heterocycles. The minimum absolute atomic E-state index is 0.0846. The van der Waals surface area contributed by atoms with E-state index in [1.54, 1.807) is 9.58 Å². The van der Waals surface area contributed by atoms with Gasteiger partial charge in [0, 0.05) is 36.8 Å². The zero-order valence-corrected chi connectivity index (χ0v) is 21.8. The van der Waals surface area contributed by atoms with Crippen molar-refractivity contribution in [1.29, 1.82) is 0 Å². The lowest BCUT2D eigenvalue weighted by atomic mass is 10.1. The molecule has 0 unspecified atom stereocenters. The Kier molecular flexibility index (Phi) is 7.74. The number of alkyl halides is 3. The van der Waals surface area contributed by atoms with E-state index in [2.05, 4.69) is 10.7 Å². The average molecular weight is 581 g/mol. The van der Waals surface area contributed by atoms with Crippen molar-refractivity contribution >= 4 is 34.3 Å². The fraction of sp³-hybridized carbons (Fsp3) is 0.370. The molecule has 0 atom stereocenters. The second-order valence-corrected chi connectivity index (χ2v) is 10.3. The normalized spacial score (nSPS) is 16.6. The Morgan fingerprint density at radius 1 is 1.05 bits per heavy atom. The van der Waals surface area contributed by atoms with E-state index in [-0.39, 0.29) is 40.4 Å². The molecule has 40 heavy (non-hydrogen) atoms. The number of pyridine rings is 1. The van der Waals surface area contributed by atoms with Crippen LogP contribution < -0.4 is 20.9 Å². The molecule has 1 aliphatic carbocycles. The number of benzene rings is 2. The van der Waals surface area contributed by atoms with Crippen molar-refractivity contribution in [2.75, 3.05) is 19.7 Å². The van der Waals surface area contributed by atoms with Crippen molar-refractivity contribution in [3.05, 3.63) is 74.8 Å². The zero-order chi connectivity index (χ0) is 28.6. The number of nitrogens with one attached hydrogen (secondary N) is 2. The molecule has 2 amide bonds. The van der Waals surface area contributed by atoms with Gasteiger partial charge in [-0.25, -0.2) is 9.40 Å². The molecule has 0 spiro atoms. The van der Waals surface area contributed by atoms with Crippen LogP contribution >= 0.6 is 11.6 Å². The third-order valence-electron chi connectivity index (χ3n) is 6.93. The highest BCUT2D eigenvalue weighted by molar-refractivity contribution is 6.31. The van der Waals surface area contributed by atoms with Crippen LogP contribution in [-0.4, -0.2) is 47.1 Å². The topological polar surface area (TPSA) is 92.7 Å². The zero-order valence-electron chi connectivity index (χ0n) is 21.1. The third-order valence-corrected chi connectivity index (χ3v) is 7.22. The molecular formula is C27H25ClF4N4O4. The summed E-state index contributed by atoms with van der Waals surface area (Å²) >= 11 is 5.93. The standard InChI is InChI=1S/C27H25ClF4N4O4/c28-21-12-23-19(11-22(21)29)25(38)20(13-36(23)17-3-4-17)26(39)34-35-9-7-16(8-10-35)33-24(37)14-40-18-5-1-15(2-6-18)27(30,31)32/h1-2,5-6,11-13,16-17H,3-4,7-10,14H2,(H,33,37)(H,34,39). The fourth-order valence-corrected chi connectivity index (χ4v) is 4.82. The number of piperidine rings is 1. The maximum absolute atomic E-state index is 14.1. The first-order chi connectivity index (χ1) is 19.0. The summed E-state index contributed by atoms with van der Waals surface area (Å²) in [5, 5.41) is 4.45. The highest BCUT2D eigenvalue weighted by atomic mass is 35.5. The van der Waals surface area contributed by atoms with Crippen molar-refractivity contribution < 1.29 is 31.9 Å². The SMILES string of the molecule is O=C(COc1ccc(C(F)(F)F)cc1)NC1CCN(NC(=O)c2cn(C3CC3)c3cc(Cl)c(F)cc3c2=O)CC1. The van der Waals surface area contributed by atoms with Gasteiger partial charge in [0.05, 0.1) is 16.1 Å². The van der Waals surface area contributed by atoms with Gasteiger partial charge in [0.2, 0.25) is 5.43 Å². The van der Waals surface area contributed by atoms with Crippen molar-refractivity contribution in [3.8, 4) is 5.75 Å². The summed E-state index contributed by atoms with van der Waals surface area (Å²) in [7, 11) is 0. The van der Waals surface area contributed by atoms with Gasteiger partial charge in [-0.05, 0) is 62.1 Å². The number of hydrogen-bond donors (Lipinski definition) is 2. The minimum atomic E-state index is -4.45. The molecule has 212 valence electrons. The van der Waals surface area contributed by atoms with Crippen LogP contribution in [0, 0.1) is 5.82 Å². The van der Waals surface area contributed by atoms with Crippen LogP contribution in [0.1, 0.15) is 47.6 Å². The molecule has 3 aromatic rings. The summed E-state index contributed by atoms with van der Waals surface area (Å²) in [6.07, 6.45) is -0.204. The maximum atomic E-state index is 14.1. The Bertz CT molecular complexity index is 1500. The molecular weight excluding hydrogens is 556 g/mol. The second kappa shape index (κ2) is 11.1. The van der Waals surface area contributed by atoms with Gasteiger partial charge in [0.1, 0.15) is 17.1 Å². The Morgan fingerprint density at radius 2 is 1.73 bits per heavy atom. The summed E-state index contributed by atoms with van der Waals surface area (Å²) in [5.41, 5.74) is 1.72. The molecule has 2 N–H and O–H groups in total. The molecule has 2 aliphatic rings. The number of hydrazine groups is 1. The number of nitrogens with zero attached hydrogens (tertiary/aromatic N) is 2. The van der Waals surface area contributed by atoms with Crippen molar-refractivity contribution in [2.45, 2.75) is 43.9 Å². The van der Waals surface area contributed by atoms with E-state index >= 15 is 0 Å². The van der Waals surface area contributed by atoms with Crippen LogP contribution in [-0.2, 0) is 11.0 Å². The number of ether oxygens (including phenoxy) is 1. The van der Waals surface area contributed by atoms with Gasteiger partial charge < -0.3 is 14.6 Å². The fourth-order valence-electron chi connectivity index (χ4n) is 4.66. The Hall–Kier alpha value is -3.64. The van der Waals surface area contributed by atoms with Gasteiger partial charge in [0.25, 0.3) is 11.8 Å². The largest absolute Gasteiger partial charge is 0.484 e. The predicted octanol–water partition coefficient (Wildman–Crippen LogP) is 4.45. The monoisotopic (exact) mass is 580 g/mol. The van der Waals surface area contributed by atoms with Crippen LogP contribution in [0.4, 0.5) is 17.6 Å². The first-order valence-corrected chi connectivity index (χ1v) is 13.1. The van der Waals surface area contributed by atoms with Gasteiger partial charge in [-0.15, -0.1) is 0 Å². The molecule has 8 nitrogen and oxygen atoms in total. The van der Waals surface area contributed by atoms with Crippen molar-refractivity contribution in [2.24, 2.45) is 0 Å². The molecule has 13 heteroatoms. The summed E-state index contributed by atoms with van der Waals surface area (Å²) in [5.74, 6) is -1.63. The average Bonchev–Trinajstić information content (AvgIpc) is 3.75. The van der Waals surface area contributed by atoms with Gasteiger partial charge in [-0.2, -0.15) is 13.2 Å². The van der Waals surface area contributed by atoms with Gasteiger partial charge in [-0.3, -0.25) is 19.8 Å². The molecule has 5 rings (SSSR count). The molecule has 1 saturated carbocycles.